The molecule has 2 saturated carbocycles. The smallest absolute Gasteiger partial charge is 0.333 e. The molecule has 3 nitrogen and oxygen atoms in total. The van der Waals surface area contributed by atoms with E-state index in [4.69, 9.17) is 9.84 Å². The Kier molecular flexibility index (Phi) is 11.9. The van der Waals surface area contributed by atoms with Gasteiger partial charge >= 0.3 is 5.97 Å². The topological polar surface area (TPSA) is 46.5 Å². The molecule has 0 saturated heterocycles. The third-order valence-corrected chi connectivity index (χ3v) is 8.77. The molecular weight excluding hydrogens is 432 g/mol. The van der Waals surface area contributed by atoms with Crippen LogP contribution in [0.5, 0.6) is 0 Å². The molecule has 0 spiro atoms. The summed E-state index contributed by atoms with van der Waals surface area (Å²) in [4.78, 5) is 11.9. The van der Waals surface area contributed by atoms with E-state index >= 15 is 0 Å². The summed E-state index contributed by atoms with van der Waals surface area (Å²) in [5, 5.41) is 9.12. The third kappa shape index (κ3) is 8.77. The van der Waals surface area contributed by atoms with Gasteiger partial charge in [-0.2, -0.15) is 0 Å². The second-order valence-electron chi connectivity index (χ2n) is 11.4. The number of aryl methyl sites for hydroxylation is 1. The first kappa shape index (κ1) is 28.0. The van der Waals surface area contributed by atoms with Crippen molar-refractivity contribution in [3.63, 3.8) is 0 Å². The zero-order valence-corrected chi connectivity index (χ0v) is 22.5. The highest BCUT2D eigenvalue weighted by Gasteiger charge is 2.31. The van der Waals surface area contributed by atoms with Crippen molar-refractivity contribution in [2.75, 3.05) is 13.2 Å². The molecule has 1 aromatic carbocycles. The van der Waals surface area contributed by atoms with Gasteiger partial charge in [0.05, 0.1) is 6.61 Å². The Labute approximate surface area is 214 Å². The van der Waals surface area contributed by atoms with Crippen LogP contribution in [0, 0.1) is 17.8 Å². The Morgan fingerprint density at radius 3 is 2.29 bits per heavy atom. The number of rotatable bonds is 13. The van der Waals surface area contributed by atoms with Crippen LogP contribution in [-0.4, -0.2) is 24.3 Å². The van der Waals surface area contributed by atoms with E-state index in [1.54, 1.807) is 6.92 Å². The van der Waals surface area contributed by atoms with Crippen molar-refractivity contribution < 1.29 is 14.6 Å². The van der Waals surface area contributed by atoms with Gasteiger partial charge in [-0.1, -0.05) is 57.4 Å². The maximum Gasteiger partial charge on any atom is 0.333 e. The molecule has 35 heavy (non-hydrogen) atoms. The molecule has 0 heterocycles. The summed E-state index contributed by atoms with van der Waals surface area (Å²) in [5.41, 5.74) is 4.79. The third-order valence-electron chi connectivity index (χ3n) is 8.77. The lowest BCUT2D eigenvalue weighted by molar-refractivity contribution is -0.138. The summed E-state index contributed by atoms with van der Waals surface area (Å²) >= 11 is 0. The molecule has 3 heteroatoms. The minimum Gasteiger partial charge on any atom is -0.462 e. The van der Waals surface area contributed by atoms with Gasteiger partial charge in [0.25, 0.3) is 0 Å². The summed E-state index contributed by atoms with van der Waals surface area (Å²) < 4.78 is 5.47. The Morgan fingerprint density at radius 2 is 1.66 bits per heavy atom. The van der Waals surface area contributed by atoms with Crippen molar-refractivity contribution in [3.8, 4) is 0 Å². The van der Waals surface area contributed by atoms with Crippen molar-refractivity contribution in [1.82, 2.24) is 0 Å². The van der Waals surface area contributed by atoms with Crippen LogP contribution in [0.4, 0.5) is 0 Å². The monoisotopic (exact) mass is 482 g/mol. The molecule has 0 bridgehead atoms. The van der Waals surface area contributed by atoms with Crippen LogP contribution in [0.1, 0.15) is 120 Å². The summed E-state index contributed by atoms with van der Waals surface area (Å²) in [6.07, 6.45) is 18.8. The second kappa shape index (κ2) is 14.8. The number of carbonyl (C=O) groups is 1. The lowest BCUT2D eigenvalue weighted by atomic mass is 9.67. The number of aliphatic hydroxyl groups excluding tert-OH is 1. The van der Waals surface area contributed by atoms with Crippen molar-refractivity contribution in [3.05, 3.63) is 47.0 Å². The molecule has 0 unspecified atom stereocenters. The highest BCUT2D eigenvalue weighted by Crippen LogP contribution is 2.45. The fraction of sp³-hybridized carbons (Fsp3) is 0.719. The SMILES string of the molecule is C=C(C)C(=O)OCCc1cc(CCCCC)ccc1C1CCC(C2CCC(CCCO)CC2)CC1. The van der Waals surface area contributed by atoms with E-state index < -0.39 is 0 Å². The minimum atomic E-state index is -0.280. The maximum absolute atomic E-state index is 11.9. The molecule has 196 valence electrons. The van der Waals surface area contributed by atoms with E-state index in [0.717, 1.165) is 37.0 Å². The van der Waals surface area contributed by atoms with Crippen LogP contribution < -0.4 is 0 Å². The van der Waals surface area contributed by atoms with Crippen LogP contribution >= 0.6 is 0 Å². The van der Waals surface area contributed by atoms with Gasteiger partial charge in [0.15, 0.2) is 0 Å². The van der Waals surface area contributed by atoms with Crippen molar-refractivity contribution >= 4 is 5.97 Å². The highest BCUT2D eigenvalue weighted by molar-refractivity contribution is 5.86. The molecule has 1 aromatic rings. The highest BCUT2D eigenvalue weighted by atomic mass is 16.5. The summed E-state index contributed by atoms with van der Waals surface area (Å²) in [7, 11) is 0. The first-order valence-electron chi connectivity index (χ1n) is 14.6. The number of benzene rings is 1. The van der Waals surface area contributed by atoms with Gasteiger partial charge in [-0.25, -0.2) is 4.79 Å². The Balaban J connectivity index is 1.57. The van der Waals surface area contributed by atoms with Gasteiger partial charge in [-0.05, 0) is 111 Å². The van der Waals surface area contributed by atoms with Crippen LogP contribution in [-0.2, 0) is 22.4 Å². The van der Waals surface area contributed by atoms with E-state index in [9.17, 15) is 4.79 Å². The number of hydrogen-bond acceptors (Lipinski definition) is 3. The quantitative estimate of drug-likeness (QED) is 0.176. The molecule has 0 amide bonds. The fourth-order valence-electron chi connectivity index (χ4n) is 6.62. The maximum atomic E-state index is 11.9. The van der Waals surface area contributed by atoms with E-state index in [1.165, 1.54) is 93.7 Å². The van der Waals surface area contributed by atoms with Crippen LogP contribution in [0.3, 0.4) is 0 Å². The average Bonchev–Trinajstić information content (AvgIpc) is 2.88. The second-order valence-corrected chi connectivity index (χ2v) is 11.4. The zero-order valence-electron chi connectivity index (χ0n) is 22.5. The van der Waals surface area contributed by atoms with Crippen molar-refractivity contribution in [1.29, 1.82) is 0 Å². The van der Waals surface area contributed by atoms with Gasteiger partial charge in [0.2, 0.25) is 0 Å². The minimum absolute atomic E-state index is 0.280. The van der Waals surface area contributed by atoms with E-state index in [-0.39, 0.29) is 5.97 Å². The summed E-state index contributed by atoms with van der Waals surface area (Å²) in [5.74, 6) is 3.04. The summed E-state index contributed by atoms with van der Waals surface area (Å²) in [6, 6.07) is 7.15. The standard InChI is InChI=1S/C32H50O3/c1-4-5-6-8-26-12-19-31(30(23-26)20-22-35-32(34)24(2)3)29-17-15-28(16-18-29)27-13-10-25(11-14-27)9-7-21-33/h12,19,23,25,27-29,33H,2,4-11,13-18,20-22H2,1,3H3. The lowest BCUT2D eigenvalue weighted by Gasteiger charge is -2.38. The molecule has 3 rings (SSSR count). The Morgan fingerprint density at radius 1 is 0.971 bits per heavy atom. The molecule has 0 aromatic heterocycles. The van der Waals surface area contributed by atoms with Gasteiger partial charge < -0.3 is 9.84 Å². The number of carbonyl (C=O) groups excluding carboxylic acids is 1. The molecule has 0 atom stereocenters. The number of hydrogen-bond donors (Lipinski definition) is 1. The predicted octanol–water partition coefficient (Wildman–Crippen LogP) is 7.93. The predicted molar refractivity (Wildman–Crippen MR) is 146 cm³/mol. The zero-order chi connectivity index (χ0) is 25.0. The lowest BCUT2D eigenvalue weighted by Crippen LogP contribution is -2.25. The molecule has 2 aliphatic rings. The number of aliphatic hydroxyl groups is 1. The Bertz CT molecular complexity index is 782. The van der Waals surface area contributed by atoms with Crippen LogP contribution in [0.15, 0.2) is 30.4 Å². The number of unbranched alkanes of at least 4 members (excludes halogenated alkanes) is 2. The van der Waals surface area contributed by atoms with Crippen molar-refractivity contribution in [2.24, 2.45) is 17.8 Å². The molecule has 0 aliphatic heterocycles. The van der Waals surface area contributed by atoms with E-state index in [2.05, 4.69) is 31.7 Å². The van der Waals surface area contributed by atoms with Gasteiger partial charge in [0, 0.05) is 18.6 Å². The van der Waals surface area contributed by atoms with Crippen LogP contribution in [0.2, 0.25) is 0 Å². The first-order valence-corrected chi connectivity index (χ1v) is 14.6. The summed E-state index contributed by atoms with van der Waals surface area (Å²) in [6.45, 7) is 8.46. The Hall–Kier alpha value is -1.61. The van der Waals surface area contributed by atoms with Crippen molar-refractivity contribution in [2.45, 2.75) is 116 Å². The fourth-order valence-corrected chi connectivity index (χ4v) is 6.62. The van der Waals surface area contributed by atoms with Gasteiger partial charge in [-0.3, -0.25) is 0 Å². The molecule has 0 radical (unpaired) electrons. The average molecular weight is 483 g/mol. The van der Waals surface area contributed by atoms with Gasteiger partial charge in [-0.15, -0.1) is 0 Å². The van der Waals surface area contributed by atoms with E-state index in [0.29, 0.717) is 24.7 Å². The van der Waals surface area contributed by atoms with Crippen LogP contribution in [0.25, 0.3) is 0 Å². The molecular formula is C32H50O3. The number of esters is 1. The largest absolute Gasteiger partial charge is 0.462 e. The molecule has 2 fully saturated rings. The van der Waals surface area contributed by atoms with Gasteiger partial charge in [0.1, 0.15) is 0 Å². The normalized spacial score (nSPS) is 24.8. The first-order chi connectivity index (χ1) is 17.0. The molecule has 2 aliphatic carbocycles. The van der Waals surface area contributed by atoms with E-state index in [1.807, 2.05) is 0 Å². The molecule has 1 N–H and O–H groups in total. The number of ether oxygens (including phenoxy) is 1.